The van der Waals surface area contributed by atoms with Gasteiger partial charge >= 0.3 is 0 Å². The molecule has 2 aromatic carbocycles. The first-order valence-electron chi connectivity index (χ1n) is 10.0. The monoisotopic (exact) mass is 398 g/mol. The number of hydrogen-bond acceptors (Lipinski definition) is 4. The van der Waals surface area contributed by atoms with Gasteiger partial charge in [-0.1, -0.05) is 30.3 Å². The Labute approximate surface area is 174 Å². The van der Waals surface area contributed by atoms with Crippen LogP contribution in [-0.4, -0.2) is 27.1 Å². The molecule has 6 nitrogen and oxygen atoms in total. The third kappa shape index (κ3) is 3.30. The number of fused-ring (bicyclic) bond motifs is 2. The van der Waals surface area contributed by atoms with Crippen LogP contribution in [-0.2, 0) is 13.0 Å². The number of nitrogens with zero attached hydrogens (tertiary/aromatic N) is 3. The molecule has 0 saturated heterocycles. The average Bonchev–Trinajstić information content (AvgIpc) is 3.39. The zero-order valence-electron chi connectivity index (χ0n) is 17.0. The number of rotatable bonds is 4. The molecule has 0 fully saturated rings. The minimum absolute atomic E-state index is 0.176. The summed E-state index contributed by atoms with van der Waals surface area (Å²) in [6.45, 7) is 5.07. The van der Waals surface area contributed by atoms with Crippen LogP contribution < -0.4 is 10.1 Å². The largest absolute Gasteiger partial charge is 0.493 e. The van der Waals surface area contributed by atoms with Crippen molar-refractivity contribution < 1.29 is 9.53 Å². The van der Waals surface area contributed by atoms with Gasteiger partial charge in [-0.3, -0.25) is 4.79 Å². The van der Waals surface area contributed by atoms with Crippen molar-refractivity contribution in [3.63, 3.8) is 0 Å². The van der Waals surface area contributed by atoms with Crippen molar-refractivity contribution in [2.75, 3.05) is 6.61 Å². The molecule has 2 aromatic heterocycles. The number of ether oxygens (including phenoxy) is 1. The van der Waals surface area contributed by atoms with E-state index in [1.807, 2.05) is 38.1 Å². The van der Waals surface area contributed by atoms with Crippen LogP contribution in [0, 0.1) is 13.8 Å². The summed E-state index contributed by atoms with van der Waals surface area (Å²) in [6, 6.07) is 16.5. The van der Waals surface area contributed by atoms with Crippen molar-refractivity contribution >= 4 is 11.6 Å². The molecule has 1 amide bonds. The predicted molar refractivity (Wildman–Crippen MR) is 115 cm³/mol. The van der Waals surface area contributed by atoms with E-state index in [1.165, 1.54) is 11.1 Å². The number of carbonyl (C=O) groups excluding carboxylic acids is 1. The lowest BCUT2D eigenvalue weighted by Crippen LogP contribution is -2.22. The molecule has 0 atom stereocenters. The molecule has 0 bridgehead atoms. The van der Waals surface area contributed by atoms with Crippen molar-refractivity contribution in [2.24, 2.45) is 0 Å². The van der Waals surface area contributed by atoms with Crippen LogP contribution in [0.3, 0.4) is 0 Å². The lowest BCUT2D eigenvalue weighted by molar-refractivity contribution is 0.0952. The number of carbonyl (C=O) groups is 1. The van der Waals surface area contributed by atoms with E-state index in [-0.39, 0.29) is 5.91 Å². The van der Waals surface area contributed by atoms with E-state index >= 15 is 0 Å². The molecule has 6 heteroatoms. The van der Waals surface area contributed by atoms with E-state index in [4.69, 9.17) is 4.74 Å². The molecule has 5 rings (SSSR count). The predicted octanol–water partition coefficient (Wildman–Crippen LogP) is 3.88. The van der Waals surface area contributed by atoms with E-state index < -0.39 is 0 Å². The number of aromatic nitrogens is 3. The lowest BCUT2D eigenvalue weighted by Gasteiger charge is -2.08. The van der Waals surface area contributed by atoms with Crippen LogP contribution in [0.15, 0.2) is 54.7 Å². The maximum absolute atomic E-state index is 12.7. The maximum atomic E-state index is 12.7. The van der Waals surface area contributed by atoms with Crippen LogP contribution in [0.1, 0.15) is 32.9 Å². The molecule has 0 radical (unpaired) electrons. The van der Waals surface area contributed by atoms with Crippen LogP contribution in [0.25, 0.3) is 16.8 Å². The molecule has 150 valence electrons. The summed E-state index contributed by atoms with van der Waals surface area (Å²) in [6.07, 6.45) is 2.54. The van der Waals surface area contributed by atoms with Gasteiger partial charge in [0.25, 0.3) is 5.91 Å². The van der Waals surface area contributed by atoms with Gasteiger partial charge in [0.1, 0.15) is 11.3 Å². The smallest absolute Gasteiger partial charge is 0.257 e. The Hall–Kier alpha value is -3.67. The Morgan fingerprint density at radius 1 is 1.10 bits per heavy atom. The zero-order valence-corrected chi connectivity index (χ0v) is 17.0. The second-order valence-electron chi connectivity index (χ2n) is 7.63. The highest BCUT2D eigenvalue weighted by Gasteiger charge is 2.16. The topological polar surface area (TPSA) is 68.5 Å². The number of amides is 1. The minimum atomic E-state index is -0.176. The Kier molecular flexibility index (Phi) is 4.47. The van der Waals surface area contributed by atoms with Crippen molar-refractivity contribution in [3.05, 3.63) is 82.8 Å². The lowest BCUT2D eigenvalue weighted by atomic mass is 10.0. The molecule has 1 N–H and O–H groups in total. The average molecular weight is 398 g/mol. The third-order valence-electron chi connectivity index (χ3n) is 5.45. The van der Waals surface area contributed by atoms with E-state index in [9.17, 15) is 4.79 Å². The highest BCUT2D eigenvalue weighted by molar-refractivity contribution is 5.99. The van der Waals surface area contributed by atoms with Gasteiger partial charge < -0.3 is 10.1 Å². The fourth-order valence-electron chi connectivity index (χ4n) is 3.89. The highest BCUT2D eigenvalue weighted by atomic mass is 16.5. The summed E-state index contributed by atoms with van der Waals surface area (Å²) in [5, 5.41) is 7.27. The zero-order chi connectivity index (χ0) is 20.7. The minimum Gasteiger partial charge on any atom is -0.493 e. The van der Waals surface area contributed by atoms with Crippen molar-refractivity contribution in [3.8, 4) is 16.9 Å². The Morgan fingerprint density at radius 3 is 2.73 bits per heavy atom. The quantitative estimate of drug-likeness (QED) is 0.567. The van der Waals surface area contributed by atoms with Gasteiger partial charge in [0, 0.05) is 24.4 Å². The van der Waals surface area contributed by atoms with Gasteiger partial charge in [-0.25, -0.2) is 9.50 Å². The van der Waals surface area contributed by atoms with Crippen LogP contribution in [0.4, 0.5) is 0 Å². The molecule has 0 spiro atoms. The molecule has 1 aliphatic rings. The molecule has 0 saturated carbocycles. The standard InChI is InChI=1S/C24H22N4O2/c1-15-11-16(2)28-23(27-15)21(14-26-28)24(29)25-13-17-3-5-18(6-4-17)19-7-8-22-20(12-19)9-10-30-22/h3-8,11-12,14H,9-10,13H2,1-2H3,(H,25,29). The molecule has 1 aliphatic heterocycles. The van der Waals surface area contributed by atoms with E-state index in [2.05, 4.69) is 39.7 Å². The van der Waals surface area contributed by atoms with Crippen LogP contribution >= 0.6 is 0 Å². The first kappa shape index (κ1) is 18.4. The van der Waals surface area contributed by atoms with Crippen LogP contribution in [0.2, 0.25) is 0 Å². The number of hydrogen-bond donors (Lipinski definition) is 1. The van der Waals surface area contributed by atoms with Gasteiger partial charge in [-0.2, -0.15) is 5.10 Å². The third-order valence-corrected chi connectivity index (χ3v) is 5.45. The van der Waals surface area contributed by atoms with E-state index in [0.717, 1.165) is 41.3 Å². The van der Waals surface area contributed by atoms with Crippen molar-refractivity contribution in [2.45, 2.75) is 26.8 Å². The Morgan fingerprint density at radius 2 is 1.90 bits per heavy atom. The van der Waals surface area contributed by atoms with E-state index in [1.54, 1.807) is 10.7 Å². The Bertz CT molecular complexity index is 1260. The van der Waals surface area contributed by atoms with Gasteiger partial charge in [0.05, 0.1) is 12.8 Å². The first-order valence-corrected chi connectivity index (χ1v) is 10.0. The van der Waals surface area contributed by atoms with Gasteiger partial charge in [0.2, 0.25) is 0 Å². The summed E-state index contributed by atoms with van der Waals surface area (Å²) >= 11 is 0. The fourth-order valence-corrected chi connectivity index (χ4v) is 3.89. The van der Waals surface area contributed by atoms with Gasteiger partial charge in [0.15, 0.2) is 5.65 Å². The molecule has 30 heavy (non-hydrogen) atoms. The molecular weight excluding hydrogens is 376 g/mol. The molecule has 0 aliphatic carbocycles. The van der Waals surface area contributed by atoms with Crippen molar-refractivity contribution in [1.29, 1.82) is 0 Å². The fraction of sp³-hybridized carbons (Fsp3) is 0.208. The second-order valence-corrected chi connectivity index (χ2v) is 7.63. The van der Waals surface area contributed by atoms with Crippen molar-refractivity contribution in [1.82, 2.24) is 19.9 Å². The highest BCUT2D eigenvalue weighted by Crippen LogP contribution is 2.30. The summed E-state index contributed by atoms with van der Waals surface area (Å²) < 4.78 is 7.28. The normalized spacial score (nSPS) is 12.6. The first-order chi connectivity index (χ1) is 14.6. The van der Waals surface area contributed by atoms with E-state index in [0.29, 0.717) is 17.8 Å². The SMILES string of the molecule is Cc1cc(C)n2ncc(C(=O)NCc3ccc(-c4ccc5c(c4)CCO5)cc3)c2n1. The maximum Gasteiger partial charge on any atom is 0.257 e. The Balaban J connectivity index is 1.29. The summed E-state index contributed by atoms with van der Waals surface area (Å²) in [4.78, 5) is 17.2. The number of nitrogens with one attached hydrogen (secondary N) is 1. The second kappa shape index (κ2) is 7.30. The molecular formula is C24H22N4O2. The number of aryl methyl sites for hydroxylation is 2. The molecule has 0 unspecified atom stereocenters. The summed E-state index contributed by atoms with van der Waals surface area (Å²) in [5.74, 6) is 0.816. The number of benzene rings is 2. The van der Waals surface area contributed by atoms with Gasteiger partial charge in [-0.05, 0) is 54.3 Å². The summed E-state index contributed by atoms with van der Waals surface area (Å²) in [5.41, 5.74) is 7.51. The van der Waals surface area contributed by atoms with Crippen LogP contribution in [0.5, 0.6) is 5.75 Å². The molecule has 4 aromatic rings. The molecule has 3 heterocycles. The van der Waals surface area contributed by atoms with Gasteiger partial charge in [-0.15, -0.1) is 0 Å². The summed E-state index contributed by atoms with van der Waals surface area (Å²) in [7, 11) is 0.